The van der Waals surface area contributed by atoms with Gasteiger partial charge < -0.3 is 5.32 Å². The van der Waals surface area contributed by atoms with Crippen LogP contribution < -0.4 is 10.9 Å². The van der Waals surface area contributed by atoms with Crippen LogP contribution in [0.2, 0.25) is 0 Å². The normalized spacial score (nSPS) is 10.7. The van der Waals surface area contributed by atoms with Crippen molar-refractivity contribution in [3.8, 4) is 5.69 Å². The molecule has 1 aromatic heterocycles. The second-order valence-corrected chi connectivity index (χ2v) is 6.26. The average molecular weight is 355 g/mol. The Morgan fingerprint density at radius 3 is 2.52 bits per heavy atom. The van der Waals surface area contributed by atoms with Gasteiger partial charge in [0.2, 0.25) is 0 Å². The predicted octanol–water partition coefficient (Wildman–Crippen LogP) is 3.95. The third kappa shape index (κ3) is 3.22. The zero-order valence-electron chi connectivity index (χ0n) is 14.7. The Morgan fingerprint density at radius 1 is 0.963 bits per heavy atom. The van der Waals surface area contributed by atoms with Crippen LogP contribution in [0.1, 0.15) is 15.9 Å². The number of para-hydroxylation sites is 1. The van der Waals surface area contributed by atoms with E-state index in [1.165, 1.54) is 10.9 Å². The Hall–Kier alpha value is -3.73. The highest BCUT2D eigenvalue weighted by atomic mass is 16.1. The SMILES string of the molecule is Cc1ccc(NC(=O)c2ccccc2)cc1-n1cnc2ccccc2c1=O. The second-order valence-electron chi connectivity index (χ2n) is 6.26. The van der Waals surface area contributed by atoms with Crippen molar-refractivity contribution >= 4 is 22.5 Å². The first-order valence-corrected chi connectivity index (χ1v) is 8.57. The van der Waals surface area contributed by atoms with Crippen molar-refractivity contribution in [2.45, 2.75) is 6.92 Å². The molecule has 5 nitrogen and oxygen atoms in total. The molecule has 1 heterocycles. The summed E-state index contributed by atoms with van der Waals surface area (Å²) in [4.78, 5) is 29.6. The molecule has 1 N–H and O–H groups in total. The first-order chi connectivity index (χ1) is 13.1. The van der Waals surface area contributed by atoms with Crippen LogP contribution in [0.25, 0.3) is 16.6 Å². The van der Waals surface area contributed by atoms with Crippen molar-refractivity contribution < 1.29 is 4.79 Å². The Labute approximate surface area is 155 Å². The summed E-state index contributed by atoms with van der Waals surface area (Å²) in [5.74, 6) is -0.200. The number of anilines is 1. The Balaban J connectivity index is 1.74. The quantitative estimate of drug-likeness (QED) is 0.605. The lowest BCUT2D eigenvalue weighted by atomic mass is 10.1. The van der Waals surface area contributed by atoms with Gasteiger partial charge in [0, 0.05) is 11.3 Å². The number of nitrogens with zero attached hydrogens (tertiary/aromatic N) is 2. The van der Waals surface area contributed by atoms with E-state index >= 15 is 0 Å². The number of hydrogen-bond acceptors (Lipinski definition) is 3. The molecule has 0 saturated carbocycles. The molecule has 5 heteroatoms. The fraction of sp³-hybridized carbons (Fsp3) is 0.0455. The van der Waals surface area contributed by atoms with Gasteiger partial charge >= 0.3 is 0 Å². The van der Waals surface area contributed by atoms with Gasteiger partial charge in [-0.05, 0) is 48.9 Å². The Bertz CT molecular complexity index is 1200. The monoisotopic (exact) mass is 355 g/mol. The molecule has 0 aliphatic heterocycles. The molecule has 0 fully saturated rings. The Morgan fingerprint density at radius 2 is 1.70 bits per heavy atom. The number of carbonyl (C=O) groups excluding carboxylic acids is 1. The van der Waals surface area contributed by atoms with Crippen molar-refractivity contribution in [2.24, 2.45) is 0 Å². The van der Waals surface area contributed by atoms with Crippen molar-refractivity contribution in [1.82, 2.24) is 9.55 Å². The van der Waals surface area contributed by atoms with Crippen molar-refractivity contribution in [3.05, 3.63) is 101 Å². The van der Waals surface area contributed by atoms with Crippen LogP contribution in [0.4, 0.5) is 5.69 Å². The standard InChI is InChI=1S/C22H17N3O2/c1-15-11-12-17(24-21(26)16-7-3-2-4-8-16)13-20(15)25-14-23-19-10-6-5-9-18(19)22(25)27/h2-14H,1H3,(H,24,26). The molecule has 0 atom stereocenters. The predicted molar refractivity (Wildman–Crippen MR) is 106 cm³/mol. The maximum absolute atomic E-state index is 12.9. The number of aryl methyl sites for hydroxylation is 1. The number of aromatic nitrogens is 2. The molecule has 0 saturated heterocycles. The summed E-state index contributed by atoms with van der Waals surface area (Å²) in [6.07, 6.45) is 1.52. The smallest absolute Gasteiger partial charge is 0.265 e. The number of rotatable bonds is 3. The minimum Gasteiger partial charge on any atom is -0.322 e. The highest BCUT2D eigenvalue weighted by Crippen LogP contribution is 2.19. The molecule has 0 spiro atoms. The van der Waals surface area contributed by atoms with Crippen LogP contribution in [-0.2, 0) is 0 Å². The molecule has 1 amide bonds. The summed E-state index contributed by atoms with van der Waals surface area (Å²) in [6, 6.07) is 21.7. The van der Waals surface area contributed by atoms with Gasteiger partial charge in [0.15, 0.2) is 0 Å². The number of benzene rings is 3. The summed E-state index contributed by atoms with van der Waals surface area (Å²) in [7, 11) is 0. The van der Waals surface area contributed by atoms with Gasteiger partial charge in [-0.25, -0.2) is 4.98 Å². The van der Waals surface area contributed by atoms with Gasteiger partial charge in [-0.1, -0.05) is 36.4 Å². The van der Waals surface area contributed by atoms with E-state index in [-0.39, 0.29) is 11.5 Å². The summed E-state index contributed by atoms with van der Waals surface area (Å²) in [5.41, 5.74) is 3.30. The molecule has 0 aliphatic carbocycles. The van der Waals surface area contributed by atoms with E-state index < -0.39 is 0 Å². The van der Waals surface area contributed by atoms with Crippen molar-refractivity contribution in [1.29, 1.82) is 0 Å². The zero-order valence-corrected chi connectivity index (χ0v) is 14.7. The molecule has 0 radical (unpaired) electrons. The minimum absolute atomic E-state index is 0.143. The maximum atomic E-state index is 12.9. The summed E-state index contributed by atoms with van der Waals surface area (Å²) >= 11 is 0. The highest BCUT2D eigenvalue weighted by Gasteiger charge is 2.10. The molecule has 3 aromatic carbocycles. The van der Waals surface area contributed by atoms with Gasteiger partial charge in [-0.3, -0.25) is 14.2 Å². The van der Waals surface area contributed by atoms with Crippen molar-refractivity contribution in [2.75, 3.05) is 5.32 Å². The lowest BCUT2D eigenvalue weighted by Crippen LogP contribution is -2.20. The maximum Gasteiger partial charge on any atom is 0.265 e. The van der Waals surface area contributed by atoms with Crippen molar-refractivity contribution in [3.63, 3.8) is 0 Å². The van der Waals surface area contributed by atoms with Gasteiger partial charge in [0.25, 0.3) is 11.5 Å². The molecule has 0 aliphatic rings. The van der Waals surface area contributed by atoms with E-state index in [0.717, 1.165) is 5.56 Å². The first kappa shape index (κ1) is 16.7. The molecule has 0 bridgehead atoms. The van der Waals surface area contributed by atoms with Crippen LogP contribution in [0.3, 0.4) is 0 Å². The summed E-state index contributed by atoms with van der Waals surface area (Å²) in [6.45, 7) is 1.92. The van der Waals surface area contributed by atoms with E-state index in [0.29, 0.717) is 27.8 Å². The average Bonchev–Trinajstić information content (AvgIpc) is 2.71. The third-order valence-corrected chi connectivity index (χ3v) is 4.43. The van der Waals surface area contributed by atoms with Gasteiger partial charge in [0.05, 0.1) is 16.6 Å². The zero-order chi connectivity index (χ0) is 18.8. The van der Waals surface area contributed by atoms with Gasteiger partial charge in [-0.2, -0.15) is 0 Å². The van der Waals surface area contributed by atoms with Crippen LogP contribution >= 0.6 is 0 Å². The first-order valence-electron chi connectivity index (χ1n) is 8.57. The van der Waals surface area contributed by atoms with E-state index in [4.69, 9.17) is 0 Å². The number of amides is 1. The molecule has 4 aromatic rings. The van der Waals surface area contributed by atoms with Gasteiger partial charge in [0.1, 0.15) is 6.33 Å². The lowest BCUT2D eigenvalue weighted by Gasteiger charge is -2.12. The Kier molecular flexibility index (Phi) is 4.26. The topological polar surface area (TPSA) is 64.0 Å². The van der Waals surface area contributed by atoms with E-state index in [9.17, 15) is 9.59 Å². The van der Waals surface area contributed by atoms with Crippen LogP contribution in [0.5, 0.6) is 0 Å². The largest absolute Gasteiger partial charge is 0.322 e. The molecule has 27 heavy (non-hydrogen) atoms. The van der Waals surface area contributed by atoms with Crippen LogP contribution in [-0.4, -0.2) is 15.5 Å². The summed E-state index contributed by atoms with van der Waals surface area (Å²) < 4.78 is 1.51. The second kappa shape index (κ2) is 6.88. The van der Waals surface area contributed by atoms with E-state index in [1.807, 2.05) is 55.5 Å². The fourth-order valence-electron chi connectivity index (χ4n) is 2.98. The van der Waals surface area contributed by atoms with E-state index in [1.54, 1.807) is 24.3 Å². The summed E-state index contributed by atoms with van der Waals surface area (Å²) in [5, 5.41) is 3.43. The minimum atomic E-state index is -0.200. The molecular weight excluding hydrogens is 338 g/mol. The number of carbonyl (C=O) groups is 1. The number of nitrogens with one attached hydrogen (secondary N) is 1. The van der Waals surface area contributed by atoms with Gasteiger partial charge in [-0.15, -0.1) is 0 Å². The third-order valence-electron chi connectivity index (χ3n) is 4.43. The number of fused-ring (bicyclic) bond motifs is 1. The lowest BCUT2D eigenvalue weighted by molar-refractivity contribution is 0.102. The molecular formula is C22H17N3O2. The molecule has 132 valence electrons. The fourth-order valence-corrected chi connectivity index (χ4v) is 2.98. The van der Waals surface area contributed by atoms with E-state index in [2.05, 4.69) is 10.3 Å². The van der Waals surface area contributed by atoms with Crippen LogP contribution in [0.15, 0.2) is 83.9 Å². The molecule has 4 rings (SSSR count). The molecule has 0 unspecified atom stereocenters. The van der Waals surface area contributed by atoms with Crippen LogP contribution in [0, 0.1) is 6.92 Å². The highest BCUT2D eigenvalue weighted by molar-refractivity contribution is 6.04. The number of hydrogen-bond donors (Lipinski definition) is 1.